The van der Waals surface area contributed by atoms with E-state index in [-0.39, 0.29) is 28.3 Å². The van der Waals surface area contributed by atoms with Crippen LogP contribution < -0.4 is 9.64 Å². The Morgan fingerprint density at radius 3 is 2.63 bits per heavy atom. The molecule has 4 aromatic rings. The van der Waals surface area contributed by atoms with Gasteiger partial charge < -0.3 is 24.7 Å². The lowest BCUT2D eigenvalue weighted by molar-refractivity contribution is 0.0447. The maximum absolute atomic E-state index is 16.6. The minimum atomic E-state index is -0.884. The molecule has 1 aliphatic carbocycles. The van der Waals surface area contributed by atoms with Gasteiger partial charge in [0.05, 0.1) is 12.2 Å². The first-order chi connectivity index (χ1) is 19.6. The summed E-state index contributed by atoms with van der Waals surface area (Å²) in [6.45, 7) is 4.20. The van der Waals surface area contributed by atoms with Crippen molar-refractivity contribution in [1.29, 1.82) is 0 Å². The van der Waals surface area contributed by atoms with E-state index in [0.29, 0.717) is 59.2 Å². The number of halogens is 1. The highest BCUT2D eigenvalue weighted by Gasteiger charge is 2.44. The van der Waals surface area contributed by atoms with Crippen LogP contribution in [0.25, 0.3) is 32.8 Å². The predicted octanol–water partition coefficient (Wildman–Crippen LogP) is 5.35. The SMILES string of the molecule is C#Cc1cccc2cc(O)cc(-c3ccc4c(N5CCCC(C)(O)C5)nc(OCC5(CN(C)C)CC5)nc4c3F)c12. The predicted molar refractivity (Wildman–Crippen MR) is 160 cm³/mol. The summed E-state index contributed by atoms with van der Waals surface area (Å²) in [5.74, 6) is 2.70. The zero-order valence-corrected chi connectivity index (χ0v) is 23.7. The number of ether oxygens (including phenoxy) is 1. The van der Waals surface area contributed by atoms with E-state index in [1.807, 2.05) is 38.1 Å². The van der Waals surface area contributed by atoms with Crippen molar-refractivity contribution in [2.45, 2.75) is 38.2 Å². The molecule has 2 aliphatic rings. The highest BCUT2D eigenvalue weighted by atomic mass is 19.1. The van der Waals surface area contributed by atoms with Crippen LogP contribution in [0.3, 0.4) is 0 Å². The number of rotatable bonds is 7. The second kappa shape index (κ2) is 10.2. The average molecular weight is 555 g/mol. The van der Waals surface area contributed by atoms with Crippen LogP contribution in [0, 0.1) is 23.6 Å². The van der Waals surface area contributed by atoms with Gasteiger partial charge in [0, 0.05) is 46.9 Å². The molecule has 41 heavy (non-hydrogen) atoms. The van der Waals surface area contributed by atoms with Gasteiger partial charge in [0.1, 0.15) is 17.1 Å². The second-order valence-corrected chi connectivity index (χ2v) is 12.2. The number of fused-ring (bicyclic) bond motifs is 2. The van der Waals surface area contributed by atoms with Gasteiger partial charge in [-0.05, 0) is 81.9 Å². The number of aromatic nitrogens is 2. The Morgan fingerprint density at radius 1 is 1.12 bits per heavy atom. The normalized spacial score (nSPS) is 20.0. The monoisotopic (exact) mass is 554 g/mol. The maximum Gasteiger partial charge on any atom is 0.319 e. The van der Waals surface area contributed by atoms with Crippen molar-refractivity contribution in [2.75, 3.05) is 45.2 Å². The first kappa shape index (κ1) is 27.3. The number of hydrogen-bond acceptors (Lipinski definition) is 7. The Hall–Kier alpha value is -3.93. The fourth-order valence-corrected chi connectivity index (χ4v) is 6.20. The summed E-state index contributed by atoms with van der Waals surface area (Å²) in [5, 5.41) is 23.3. The van der Waals surface area contributed by atoms with Crippen LogP contribution in [0.15, 0.2) is 42.5 Å². The van der Waals surface area contributed by atoms with Gasteiger partial charge in [-0.3, -0.25) is 0 Å². The molecule has 1 aromatic heterocycles. The summed E-state index contributed by atoms with van der Waals surface area (Å²) >= 11 is 0. The van der Waals surface area contributed by atoms with Crippen molar-refractivity contribution in [2.24, 2.45) is 5.41 Å². The van der Waals surface area contributed by atoms with E-state index in [2.05, 4.69) is 15.8 Å². The fourth-order valence-electron chi connectivity index (χ4n) is 6.20. The summed E-state index contributed by atoms with van der Waals surface area (Å²) in [6, 6.07) is 12.2. The number of phenols is 1. The lowest BCUT2D eigenvalue weighted by atomic mass is 9.93. The Kier molecular flexibility index (Phi) is 6.75. The molecular formula is C33H35FN4O3. The van der Waals surface area contributed by atoms with E-state index in [1.54, 1.807) is 24.3 Å². The fraction of sp³-hybridized carbons (Fsp3) is 0.394. The Bertz CT molecular complexity index is 1690. The number of phenolic OH excluding ortho intramolecular Hbond substituents is 1. The summed E-state index contributed by atoms with van der Waals surface area (Å²) in [5.41, 5.74) is 0.650. The average Bonchev–Trinajstić information content (AvgIpc) is 3.69. The third-order valence-corrected chi connectivity index (χ3v) is 8.26. The topological polar surface area (TPSA) is 82.0 Å². The van der Waals surface area contributed by atoms with Crippen LogP contribution in [0.1, 0.15) is 38.2 Å². The lowest BCUT2D eigenvalue weighted by Gasteiger charge is -2.38. The Labute approximate surface area is 239 Å². The Morgan fingerprint density at radius 2 is 1.93 bits per heavy atom. The maximum atomic E-state index is 16.6. The van der Waals surface area contributed by atoms with Gasteiger partial charge in [0.2, 0.25) is 0 Å². The zero-order chi connectivity index (χ0) is 28.9. The van der Waals surface area contributed by atoms with E-state index in [1.165, 1.54) is 6.07 Å². The molecule has 8 heteroatoms. The summed E-state index contributed by atoms with van der Waals surface area (Å²) in [4.78, 5) is 13.5. The van der Waals surface area contributed by atoms with Crippen LogP contribution in [-0.4, -0.2) is 71.0 Å². The number of piperidine rings is 1. The molecular weight excluding hydrogens is 519 g/mol. The minimum absolute atomic E-state index is 0.0136. The van der Waals surface area contributed by atoms with Gasteiger partial charge >= 0.3 is 6.01 Å². The molecule has 0 amide bonds. The molecule has 2 heterocycles. The third-order valence-electron chi connectivity index (χ3n) is 8.26. The number of anilines is 1. The van der Waals surface area contributed by atoms with Crippen LogP contribution >= 0.6 is 0 Å². The number of β-amino-alcohol motifs (C(OH)–C–C–N with tert-alkyl or cyclic N) is 1. The van der Waals surface area contributed by atoms with Gasteiger partial charge in [-0.2, -0.15) is 9.97 Å². The van der Waals surface area contributed by atoms with Crippen molar-refractivity contribution in [3.8, 4) is 35.2 Å². The van der Waals surface area contributed by atoms with Gasteiger partial charge in [-0.15, -0.1) is 6.42 Å². The number of benzene rings is 3. The van der Waals surface area contributed by atoms with Gasteiger partial charge in [-0.25, -0.2) is 4.39 Å². The van der Waals surface area contributed by atoms with E-state index in [4.69, 9.17) is 16.1 Å². The molecule has 1 saturated carbocycles. The van der Waals surface area contributed by atoms with Crippen molar-refractivity contribution >= 4 is 27.5 Å². The summed E-state index contributed by atoms with van der Waals surface area (Å²) in [6.07, 6.45) is 9.39. The van der Waals surface area contributed by atoms with Crippen molar-refractivity contribution < 1.29 is 19.3 Å². The van der Waals surface area contributed by atoms with Gasteiger partial charge in [0.15, 0.2) is 5.82 Å². The van der Waals surface area contributed by atoms with Gasteiger partial charge in [0.25, 0.3) is 0 Å². The molecule has 1 atom stereocenters. The van der Waals surface area contributed by atoms with Crippen molar-refractivity contribution in [3.63, 3.8) is 0 Å². The van der Waals surface area contributed by atoms with Crippen LogP contribution in [0.4, 0.5) is 10.2 Å². The highest BCUT2D eigenvalue weighted by Crippen LogP contribution is 2.46. The van der Waals surface area contributed by atoms with E-state index in [0.717, 1.165) is 25.8 Å². The zero-order valence-electron chi connectivity index (χ0n) is 23.7. The number of nitrogens with zero attached hydrogens (tertiary/aromatic N) is 4. The first-order valence-corrected chi connectivity index (χ1v) is 14.1. The first-order valence-electron chi connectivity index (χ1n) is 14.1. The highest BCUT2D eigenvalue weighted by molar-refractivity contribution is 6.04. The molecule has 6 rings (SSSR count). The standard InChI is InChI=1S/C33H35FN4O3/c1-5-21-8-6-9-22-16-23(39)17-26(27(21)22)24-10-11-25-29(28(24)34)35-31(41-20-33(13-14-33)19-37(3)4)36-30(25)38-15-7-12-32(2,40)18-38/h1,6,8-11,16-17,39-40H,7,12-15,18-20H2,2-4H3. The van der Waals surface area contributed by atoms with E-state index >= 15 is 4.39 Å². The molecule has 0 spiro atoms. The number of terminal acetylenes is 1. The minimum Gasteiger partial charge on any atom is -0.508 e. The molecule has 3 aromatic carbocycles. The van der Waals surface area contributed by atoms with Crippen molar-refractivity contribution in [3.05, 3.63) is 53.8 Å². The third kappa shape index (κ3) is 5.28. The molecule has 1 saturated heterocycles. The molecule has 2 N–H and O–H groups in total. The number of aliphatic hydroxyl groups is 1. The van der Waals surface area contributed by atoms with Crippen LogP contribution in [0.2, 0.25) is 0 Å². The number of hydrogen-bond donors (Lipinski definition) is 2. The molecule has 1 unspecified atom stereocenters. The largest absolute Gasteiger partial charge is 0.508 e. The van der Waals surface area contributed by atoms with Crippen molar-refractivity contribution in [1.82, 2.24) is 14.9 Å². The van der Waals surface area contributed by atoms with Crippen LogP contribution in [0.5, 0.6) is 11.8 Å². The molecule has 1 aliphatic heterocycles. The quantitative estimate of drug-likeness (QED) is 0.298. The molecule has 7 nitrogen and oxygen atoms in total. The van der Waals surface area contributed by atoms with Crippen LogP contribution in [-0.2, 0) is 0 Å². The Balaban J connectivity index is 1.51. The van der Waals surface area contributed by atoms with Gasteiger partial charge in [-0.1, -0.05) is 24.1 Å². The van der Waals surface area contributed by atoms with E-state index in [9.17, 15) is 10.2 Å². The summed E-state index contributed by atoms with van der Waals surface area (Å²) in [7, 11) is 4.08. The molecule has 212 valence electrons. The molecule has 2 fully saturated rings. The second-order valence-electron chi connectivity index (χ2n) is 12.2. The molecule has 0 radical (unpaired) electrons. The summed E-state index contributed by atoms with van der Waals surface area (Å²) < 4.78 is 22.8. The number of aromatic hydroxyl groups is 1. The smallest absolute Gasteiger partial charge is 0.319 e. The molecule has 0 bridgehead atoms. The van der Waals surface area contributed by atoms with E-state index < -0.39 is 11.4 Å². The lowest BCUT2D eigenvalue weighted by Crippen LogP contribution is -2.46.